The van der Waals surface area contributed by atoms with Crippen LogP contribution in [0.3, 0.4) is 0 Å². The lowest BCUT2D eigenvalue weighted by Gasteiger charge is -2.14. The largest absolute Gasteiger partial charge is 0.421 e. The van der Waals surface area contributed by atoms with Crippen molar-refractivity contribution >= 4 is 23.1 Å². The van der Waals surface area contributed by atoms with Crippen molar-refractivity contribution in [1.29, 1.82) is 0 Å². The van der Waals surface area contributed by atoms with Gasteiger partial charge in [-0.1, -0.05) is 0 Å². The van der Waals surface area contributed by atoms with Crippen LogP contribution < -0.4 is 5.32 Å². The first-order valence-electron chi connectivity index (χ1n) is 5.20. The fourth-order valence-electron chi connectivity index (χ4n) is 1.44. The standard InChI is InChI=1S/C11H4ClF6N3/c12-10-19-3-5(11(16,17)18)9(21-10)20-8-6(14)1-4(13)2-7(8)15/h1-3H,(H,19,20,21). The van der Waals surface area contributed by atoms with Crippen LogP contribution >= 0.6 is 11.6 Å². The molecule has 0 radical (unpaired) electrons. The highest BCUT2D eigenvalue weighted by molar-refractivity contribution is 6.28. The van der Waals surface area contributed by atoms with Crippen LogP contribution in [-0.2, 0) is 6.18 Å². The maximum absolute atomic E-state index is 13.4. The molecule has 0 bridgehead atoms. The smallest absolute Gasteiger partial charge is 0.335 e. The molecule has 1 aromatic carbocycles. The van der Waals surface area contributed by atoms with Crippen LogP contribution in [0.5, 0.6) is 0 Å². The van der Waals surface area contributed by atoms with E-state index in [9.17, 15) is 26.3 Å². The summed E-state index contributed by atoms with van der Waals surface area (Å²) < 4.78 is 77.8. The van der Waals surface area contributed by atoms with Gasteiger partial charge >= 0.3 is 6.18 Å². The van der Waals surface area contributed by atoms with E-state index in [1.54, 1.807) is 0 Å². The number of alkyl halides is 3. The number of hydrogen-bond acceptors (Lipinski definition) is 3. The van der Waals surface area contributed by atoms with Crippen molar-refractivity contribution in [2.24, 2.45) is 0 Å². The van der Waals surface area contributed by atoms with Crippen molar-refractivity contribution in [2.75, 3.05) is 5.32 Å². The molecular weight excluding hydrogens is 324 g/mol. The van der Waals surface area contributed by atoms with Crippen LogP contribution in [0.25, 0.3) is 0 Å². The molecule has 2 rings (SSSR count). The molecule has 1 N–H and O–H groups in total. The van der Waals surface area contributed by atoms with Crippen molar-refractivity contribution in [1.82, 2.24) is 9.97 Å². The predicted molar refractivity (Wildman–Crippen MR) is 61.6 cm³/mol. The highest BCUT2D eigenvalue weighted by Crippen LogP contribution is 2.35. The second kappa shape index (κ2) is 5.40. The lowest BCUT2D eigenvalue weighted by atomic mass is 10.2. The van der Waals surface area contributed by atoms with Crippen molar-refractivity contribution in [3.05, 3.63) is 46.6 Å². The fourth-order valence-corrected chi connectivity index (χ4v) is 1.58. The summed E-state index contributed by atoms with van der Waals surface area (Å²) in [5, 5.41) is 1.25. The van der Waals surface area contributed by atoms with E-state index in [0.717, 1.165) is 0 Å². The molecule has 0 spiro atoms. The summed E-state index contributed by atoms with van der Waals surface area (Å²) in [4.78, 5) is 6.39. The zero-order valence-electron chi connectivity index (χ0n) is 9.77. The molecule has 0 aliphatic carbocycles. The molecule has 0 fully saturated rings. The molecule has 2 aromatic rings. The normalized spacial score (nSPS) is 11.6. The number of aromatic nitrogens is 2. The second-order valence-electron chi connectivity index (χ2n) is 3.77. The Morgan fingerprint density at radius 3 is 2.14 bits per heavy atom. The van der Waals surface area contributed by atoms with Crippen molar-refractivity contribution in [3.8, 4) is 0 Å². The van der Waals surface area contributed by atoms with E-state index in [1.165, 1.54) is 0 Å². The number of halogens is 7. The number of rotatable bonds is 2. The van der Waals surface area contributed by atoms with E-state index < -0.39 is 46.0 Å². The van der Waals surface area contributed by atoms with Gasteiger partial charge < -0.3 is 5.32 Å². The quantitative estimate of drug-likeness (QED) is 0.660. The molecular formula is C11H4ClF6N3. The molecule has 0 unspecified atom stereocenters. The number of nitrogens with zero attached hydrogens (tertiary/aromatic N) is 2. The van der Waals surface area contributed by atoms with Gasteiger partial charge in [0.2, 0.25) is 5.28 Å². The molecule has 1 heterocycles. The van der Waals surface area contributed by atoms with Crippen LogP contribution in [0.2, 0.25) is 5.28 Å². The van der Waals surface area contributed by atoms with E-state index in [2.05, 4.69) is 9.97 Å². The molecule has 0 aliphatic rings. The molecule has 0 atom stereocenters. The van der Waals surface area contributed by atoms with Gasteiger partial charge in [0.15, 0.2) is 11.6 Å². The Bertz CT molecular complexity index is 665. The van der Waals surface area contributed by atoms with Crippen LogP contribution in [0.4, 0.5) is 37.8 Å². The van der Waals surface area contributed by atoms with E-state index in [-0.39, 0.29) is 0 Å². The number of anilines is 2. The summed E-state index contributed by atoms with van der Waals surface area (Å²) in [5.74, 6) is -5.01. The van der Waals surface area contributed by atoms with Crippen molar-refractivity contribution in [3.63, 3.8) is 0 Å². The zero-order chi connectivity index (χ0) is 15.8. The molecule has 0 amide bonds. The summed E-state index contributed by atoms with van der Waals surface area (Å²) in [6.07, 6.45) is -4.52. The topological polar surface area (TPSA) is 37.8 Å². The van der Waals surface area contributed by atoms with Gasteiger partial charge in [-0.15, -0.1) is 0 Å². The van der Waals surface area contributed by atoms with Crippen LogP contribution in [0, 0.1) is 17.5 Å². The average molecular weight is 328 g/mol. The first-order valence-corrected chi connectivity index (χ1v) is 5.57. The van der Waals surface area contributed by atoms with E-state index in [1.807, 2.05) is 5.32 Å². The Morgan fingerprint density at radius 1 is 1.05 bits per heavy atom. The zero-order valence-corrected chi connectivity index (χ0v) is 10.5. The van der Waals surface area contributed by atoms with Gasteiger partial charge in [0.05, 0.1) is 0 Å². The fraction of sp³-hybridized carbons (Fsp3) is 0.0909. The van der Waals surface area contributed by atoms with Crippen molar-refractivity contribution < 1.29 is 26.3 Å². The highest BCUT2D eigenvalue weighted by Gasteiger charge is 2.35. The number of benzene rings is 1. The van der Waals surface area contributed by atoms with Gasteiger partial charge in [0.25, 0.3) is 0 Å². The molecule has 0 saturated carbocycles. The molecule has 21 heavy (non-hydrogen) atoms. The van der Waals surface area contributed by atoms with Gasteiger partial charge in [0, 0.05) is 18.3 Å². The molecule has 0 saturated heterocycles. The highest BCUT2D eigenvalue weighted by atomic mass is 35.5. The number of hydrogen-bond donors (Lipinski definition) is 1. The lowest BCUT2D eigenvalue weighted by molar-refractivity contribution is -0.137. The third-order valence-corrected chi connectivity index (χ3v) is 2.50. The van der Waals surface area contributed by atoms with E-state index >= 15 is 0 Å². The second-order valence-corrected chi connectivity index (χ2v) is 4.11. The first kappa shape index (κ1) is 15.4. The van der Waals surface area contributed by atoms with E-state index in [0.29, 0.717) is 18.3 Å². The van der Waals surface area contributed by atoms with Crippen LogP contribution in [0.1, 0.15) is 5.56 Å². The van der Waals surface area contributed by atoms with Crippen molar-refractivity contribution in [2.45, 2.75) is 6.18 Å². The van der Waals surface area contributed by atoms with E-state index in [4.69, 9.17) is 11.6 Å². The van der Waals surface area contributed by atoms with Gasteiger partial charge in [-0.05, 0) is 11.6 Å². The Labute approximate surface area is 118 Å². The molecule has 1 aromatic heterocycles. The summed E-state index contributed by atoms with van der Waals surface area (Å²) >= 11 is 5.36. The molecule has 10 heteroatoms. The molecule has 0 aliphatic heterocycles. The maximum atomic E-state index is 13.4. The number of nitrogens with one attached hydrogen (secondary N) is 1. The monoisotopic (exact) mass is 327 g/mol. The van der Waals surface area contributed by atoms with Gasteiger partial charge in [-0.3, -0.25) is 0 Å². The summed E-state index contributed by atoms with van der Waals surface area (Å²) in [5.41, 5.74) is -2.37. The lowest BCUT2D eigenvalue weighted by Crippen LogP contribution is -2.12. The minimum absolute atomic E-state index is 0.307. The minimum Gasteiger partial charge on any atom is -0.335 e. The summed E-state index contributed by atoms with van der Waals surface area (Å²) in [6, 6.07) is 0.614. The van der Waals surface area contributed by atoms with Gasteiger partial charge in [-0.2, -0.15) is 18.2 Å². The SMILES string of the molecule is Fc1cc(F)c(Nc2nc(Cl)ncc2C(F)(F)F)c(F)c1. The third-order valence-electron chi connectivity index (χ3n) is 2.32. The summed E-state index contributed by atoms with van der Waals surface area (Å²) in [6.45, 7) is 0. The maximum Gasteiger partial charge on any atom is 0.421 e. The Hall–Kier alpha value is -2.03. The minimum atomic E-state index is -4.88. The first-order chi connectivity index (χ1) is 9.68. The predicted octanol–water partition coefficient (Wildman–Crippen LogP) is 4.31. The summed E-state index contributed by atoms with van der Waals surface area (Å²) in [7, 11) is 0. The molecule has 112 valence electrons. The Morgan fingerprint density at radius 2 is 1.62 bits per heavy atom. The van der Waals surface area contributed by atoms with Gasteiger partial charge in [0.1, 0.15) is 22.9 Å². The molecule has 3 nitrogen and oxygen atoms in total. The van der Waals surface area contributed by atoms with Crippen LogP contribution in [-0.4, -0.2) is 9.97 Å². The van der Waals surface area contributed by atoms with Crippen LogP contribution in [0.15, 0.2) is 18.3 Å². The average Bonchev–Trinajstić information content (AvgIpc) is 2.32. The third kappa shape index (κ3) is 3.35. The Kier molecular flexibility index (Phi) is 3.95. The Balaban J connectivity index is 2.52. The van der Waals surface area contributed by atoms with Gasteiger partial charge in [-0.25, -0.2) is 18.2 Å².